The Morgan fingerprint density at radius 3 is 2.55 bits per heavy atom. The Morgan fingerprint density at radius 2 is 1.95 bits per heavy atom. The number of rotatable bonds is 8. The maximum absolute atomic E-state index is 13.7. The van der Waals surface area contributed by atoms with E-state index < -0.39 is 18.4 Å². The molecule has 3 heterocycles. The monoisotopic (exact) mass is 562 g/mol. The van der Waals surface area contributed by atoms with Crippen LogP contribution in [0.2, 0.25) is 0 Å². The summed E-state index contributed by atoms with van der Waals surface area (Å²) in [5.41, 5.74) is 18.5. The number of halogens is 3. The van der Waals surface area contributed by atoms with Crippen molar-refractivity contribution in [1.29, 1.82) is 0 Å². The molecule has 0 radical (unpaired) electrons. The van der Waals surface area contributed by atoms with Crippen LogP contribution in [-0.4, -0.2) is 68.1 Å². The number of nitrogens with one attached hydrogen (secondary N) is 2. The fourth-order valence-electron chi connectivity index (χ4n) is 5.23. The van der Waals surface area contributed by atoms with Crippen LogP contribution in [0.1, 0.15) is 30.9 Å². The van der Waals surface area contributed by atoms with Crippen LogP contribution in [0.3, 0.4) is 0 Å². The summed E-state index contributed by atoms with van der Waals surface area (Å²) < 4.78 is 47.4. The average molecular weight is 563 g/mol. The van der Waals surface area contributed by atoms with Gasteiger partial charge in [-0.05, 0) is 54.5 Å². The molecule has 12 heteroatoms. The van der Waals surface area contributed by atoms with Gasteiger partial charge in [0.25, 0.3) is 0 Å². The minimum Gasteiger partial charge on any atom is -0.406 e. The summed E-state index contributed by atoms with van der Waals surface area (Å²) in [7, 11) is 3.64. The molecule has 0 bridgehead atoms. The van der Waals surface area contributed by atoms with E-state index in [1.807, 2.05) is 31.3 Å². The molecule has 4 rings (SSSR count). The first-order valence-corrected chi connectivity index (χ1v) is 13.3. The van der Waals surface area contributed by atoms with Gasteiger partial charge in [0.05, 0.1) is 6.04 Å². The van der Waals surface area contributed by atoms with E-state index in [0.717, 1.165) is 49.3 Å². The highest BCUT2D eigenvalue weighted by Crippen LogP contribution is 2.30. The van der Waals surface area contributed by atoms with Crippen LogP contribution in [0.5, 0.6) is 5.75 Å². The lowest BCUT2D eigenvalue weighted by atomic mass is 9.91. The fraction of sp³-hybridized carbons (Fsp3) is 0.464. The zero-order valence-electron chi connectivity index (χ0n) is 22.7. The number of likely N-dealkylation sites (N-methyl/N-ethyl adjacent to an activating group) is 1. The maximum Gasteiger partial charge on any atom is 0.573 e. The van der Waals surface area contributed by atoms with Crippen LogP contribution in [-0.2, 0) is 9.53 Å². The number of carbonyl (C=O) groups is 1. The molecule has 3 unspecified atom stereocenters. The van der Waals surface area contributed by atoms with Crippen molar-refractivity contribution in [2.24, 2.45) is 17.4 Å². The van der Waals surface area contributed by atoms with E-state index in [9.17, 15) is 18.0 Å². The van der Waals surface area contributed by atoms with Crippen molar-refractivity contribution < 1.29 is 27.4 Å². The number of benzene rings is 1. The zero-order chi connectivity index (χ0) is 28.9. The Kier molecular flexibility index (Phi) is 9.44. The van der Waals surface area contributed by atoms with Crippen molar-refractivity contribution in [3.8, 4) is 5.75 Å². The van der Waals surface area contributed by atoms with Crippen LogP contribution in [0.4, 0.5) is 13.2 Å². The molecule has 6 N–H and O–H groups in total. The Hall–Kier alpha value is -3.48. The van der Waals surface area contributed by atoms with E-state index in [1.54, 1.807) is 17.2 Å². The normalized spacial score (nSPS) is 23.9. The number of hydrazine groups is 1. The largest absolute Gasteiger partial charge is 0.573 e. The number of ether oxygens (including phenoxy) is 2. The van der Waals surface area contributed by atoms with Gasteiger partial charge in [0.2, 0.25) is 5.91 Å². The van der Waals surface area contributed by atoms with Gasteiger partial charge in [0.1, 0.15) is 11.8 Å². The number of hydrogen-bond donors (Lipinski definition) is 4. The molecule has 1 fully saturated rings. The van der Waals surface area contributed by atoms with Crippen molar-refractivity contribution in [3.63, 3.8) is 0 Å². The third-order valence-electron chi connectivity index (χ3n) is 7.31. The summed E-state index contributed by atoms with van der Waals surface area (Å²) in [4.78, 5) is 15.5. The first-order chi connectivity index (χ1) is 19.0. The number of alkyl halides is 3. The smallest absolute Gasteiger partial charge is 0.406 e. The fourth-order valence-corrected chi connectivity index (χ4v) is 5.23. The van der Waals surface area contributed by atoms with Crippen LogP contribution >= 0.6 is 0 Å². The predicted octanol–water partition coefficient (Wildman–Crippen LogP) is 2.82. The summed E-state index contributed by atoms with van der Waals surface area (Å²) in [6, 6.07) is 4.04. The van der Waals surface area contributed by atoms with Gasteiger partial charge in [-0.1, -0.05) is 24.3 Å². The van der Waals surface area contributed by atoms with Crippen molar-refractivity contribution in [3.05, 3.63) is 77.3 Å². The van der Waals surface area contributed by atoms with Crippen molar-refractivity contribution >= 4 is 5.91 Å². The molecule has 1 aromatic carbocycles. The number of nitrogens with zero attached hydrogens (tertiary/aromatic N) is 2. The van der Waals surface area contributed by atoms with Gasteiger partial charge in [-0.15, -0.1) is 13.2 Å². The Bertz CT molecular complexity index is 1160. The second-order valence-corrected chi connectivity index (χ2v) is 10.3. The molecule has 0 aliphatic carbocycles. The molecule has 0 spiro atoms. The molecule has 3 aliphatic heterocycles. The number of hydrogen-bond acceptors (Lipinski definition) is 8. The second-order valence-electron chi connectivity index (χ2n) is 10.3. The molecule has 3 aliphatic rings. The highest BCUT2D eigenvalue weighted by Gasteiger charge is 2.33. The molecular formula is C28H37F3N6O3. The van der Waals surface area contributed by atoms with Crippen LogP contribution in [0, 0.1) is 5.92 Å². The van der Waals surface area contributed by atoms with Gasteiger partial charge in [-0.3, -0.25) is 4.79 Å². The maximum atomic E-state index is 13.7. The van der Waals surface area contributed by atoms with E-state index in [1.165, 1.54) is 30.5 Å². The summed E-state index contributed by atoms with van der Waals surface area (Å²) in [5.74, 6) is -0.135. The van der Waals surface area contributed by atoms with E-state index in [-0.39, 0.29) is 17.7 Å². The molecule has 1 aromatic rings. The van der Waals surface area contributed by atoms with Gasteiger partial charge in [-0.25, -0.2) is 5.43 Å². The summed E-state index contributed by atoms with van der Waals surface area (Å²) in [6.07, 6.45) is 6.83. The third-order valence-corrected chi connectivity index (χ3v) is 7.31. The molecule has 1 amide bonds. The minimum absolute atomic E-state index is 0.221. The van der Waals surface area contributed by atoms with E-state index >= 15 is 0 Å². The molecule has 40 heavy (non-hydrogen) atoms. The predicted molar refractivity (Wildman–Crippen MR) is 145 cm³/mol. The first kappa shape index (κ1) is 29.5. The zero-order valence-corrected chi connectivity index (χ0v) is 22.7. The Labute approximate surface area is 232 Å². The molecular weight excluding hydrogens is 525 g/mol. The lowest BCUT2D eigenvalue weighted by Crippen LogP contribution is -2.47. The van der Waals surface area contributed by atoms with Crippen LogP contribution < -0.4 is 26.9 Å². The van der Waals surface area contributed by atoms with E-state index in [2.05, 4.69) is 15.5 Å². The number of allylic oxidation sites excluding steroid dienone is 1. The molecule has 3 atom stereocenters. The molecule has 218 valence electrons. The number of carbonyl (C=O) groups excluding carboxylic acids is 1. The highest BCUT2D eigenvalue weighted by atomic mass is 19.4. The van der Waals surface area contributed by atoms with Gasteiger partial charge < -0.3 is 36.2 Å². The summed E-state index contributed by atoms with van der Waals surface area (Å²) in [5, 5.41) is 4.85. The van der Waals surface area contributed by atoms with Crippen molar-refractivity contribution in [1.82, 2.24) is 20.7 Å². The van der Waals surface area contributed by atoms with Crippen LogP contribution in [0.15, 0.2) is 71.7 Å². The Balaban J connectivity index is 1.53. The Morgan fingerprint density at radius 1 is 1.25 bits per heavy atom. The molecule has 1 saturated heterocycles. The van der Waals surface area contributed by atoms with Gasteiger partial charge >= 0.3 is 6.36 Å². The van der Waals surface area contributed by atoms with E-state index in [0.29, 0.717) is 18.0 Å². The SMILES string of the molecule is CN1C=C(C(NC(=O)C2C=CC(=C/N)/C(=C\C(N)CC3CCOCC3)N2C)c2ccc(OC(F)(F)F)cc2)CN1. The minimum atomic E-state index is -4.79. The second kappa shape index (κ2) is 12.8. The molecule has 0 saturated carbocycles. The lowest BCUT2D eigenvalue weighted by Gasteiger charge is -2.35. The molecule has 9 nitrogen and oxygen atoms in total. The van der Waals surface area contributed by atoms with E-state index in [4.69, 9.17) is 16.2 Å². The molecule has 0 aromatic heterocycles. The number of nitrogens with two attached hydrogens (primary N) is 2. The lowest BCUT2D eigenvalue weighted by molar-refractivity contribution is -0.274. The first-order valence-electron chi connectivity index (χ1n) is 13.3. The van der Waals surface area contributed by atoms with Gasteiger partial charge in [-0.2, -0.15) is 0 Å². The van der Waals surface area contributed by atoms with Gasteiger partial charge in [0, 0.05) is 63.6 Å². The third kappa shape index (κ3) is 7.58. The summed E-state index contributed by atoms with van der Waals surface area (Å²) in [6.45, 7) is 1.95. The van der Waals surface area contributed by atoms with Gasteiger partial charge in [0.15, 0.2) is 0 Å². The quantitative estimate of drug-likeness (QED) is 0.382. The van der Waals surface area contributed by atoms with Crippen molar-refractivity contribution in [2.75, 3.05) is 33.9 Å². The standard InChI is InChI=1S/C28H37F3N6O3/c1-36-17-21(16-34-36)26(19-3-6-23(7-4-19)40-28(29,30)31)35-27(38)24-8-5-20(15-32)25(37(24)2)14-22(33)13-18-9-11-39-12-10-18/h3-8,14-15,17-18,22,24,26,34H,9-13,16,32-33H2,1-2H3,(H,35,38)/b20-15-,25-14+. The average Bonchev–Trinajstić information content (AvgIpc) is 3.34. The van der Waals surface area contributed by atoms with Crippen molar-refractivity contribution in [2.45, 2.75) is 43.8 Å². The topological polar surface area (TPSA) is 118 Å². The van der Waals surface area contributed by atoms with Crippen LogP contribution in [0.25, 0.3) is 0 Å². The number of amides is 1. The highest BCUT2D eigenvalue weighted by molar-refractivity contribution is 5.85. The summed E-state index contributed by atoms with van der Waals surface area (Å²) >= 11 is 0.